The van der Waals surface area contributed by atoms with E-state index in [4.69, 9.17) is 28.4 Å². The second-order valence-corrected chi connectivity index (χ2v) is 6.45. The van der Waals surface area contributed by atoms with E-state index in [1.165, 1.54) is 42.7 Å². The summed E-state index contributed by atoms with van der Waals surface area (Å²) in [4.78, 5) is 16.9. The van der Waals surface area contributed by atoms with Gasteiger partial charge in [-0.3, -0.25) is 4.99 Å². The first-order chi connectivity index (χ1) is 13.5. The molecule has 1 fully saturated rings. The number of benzene rings is 1. The maximum absolute atomic E-state index is 12.2. The Bertz CT molecular complexity index is 652. The molecule has 1 aliphatic rings. The summed E-state index contributed by atoms with van der Waals surface area (Å²) in [6.45, 7) is 0. The van der Waals surface area contributed by atoms with Crippen LogP contribution >= 0.6 is 0 Å². The van der Waals surface area contributed by atoms with Crippen LogP contribution in [-0.2, 0) is 33.2 Å². The summed E-state index contributed by atoms with van der Waals surface area (Å²) < 4.78 is 34.3. The van der Waals surface area contributed by atoms with Crippen molar-refractivity contribution in [2.24, 2.45) is 10.9 Å². The second-order valence-electron chi connectivity index (χ2n) is 6.45. The molecule has 0 aromatic heterocycles. The second kappa shape index (κ2) is 9.21. The van der Waals surface area contributed by atoms with Crippen molar-refractivity contribution in [1.82, 2.24) is 0 Å². The smallest absolute Gasteiger partial charge is 0.210 e. The zero-order chi connectivity index (χ0) is 20.8. The van der Waals surface area contributed by atoms with Crippen molar-refractivity contribution < 1.29 is 33.2 Å². The summed E-state index contributed by atoms with van der Waals surface area (Å²) in [7, 11) is 8.73. The Balaban J connectivity index is 2.69. The molecule has 0 saturated heterocycles. The summed E-state index contributed by atoms with van der Waals surface area (Å²) in [5.74, 6) is -5.29. The van der Waals surface area contributed by atoms with Crippen LogP contribution in [0.1, 0.15) is 12.0 Å². The van der Waals surface area contributed by atoms with Crippen molar-refractivity contribution in [3.8, 4) is 0 Å². The lowest BCUT2D eigenvalue weighted by Crippen LogP contribution is -2.74. The van der Waals surface area contributed by atoms with Gasteiger partial charge in [0.05, 0.1) is 6.42 Å². The van der Waals surface area contributed by atoms with Crippen LogP contribution in [0.2, 0.25) is 0 Å². The highest BCUT2D eigenvalue weighted by Crippen LogP contribution is 2.51. The highest BCUT2D eigenvalue weighted by atomic mass is 16.7. The standard InChI is InChI=1S/C20H29NO7/c1-23-18(24-2)14-19(25-3,26-4)17(20(27-5,28-6)16(18)13-22)21-12-15-10-8-7-9-11-15/h7-13,16-17H,14H2,1-6H3. The Morgan fingerprint density at radius 2 is 1.39 bits per heavy atom. The molecule has 1 saturated carbocycles. The third kappa shape index (κ3) is 3.52. The maximum atomic E-state index is 12.2. The molecule has 1 aromatic carbocycles. The molecule has 8 nitrogen and oxygen atoms in total. The van der Waals surface area contributed by atoms with Crippen LogP contribution in [-0.4, -0.2) is 78.6 Å². The fourth-order valence-corrected chi connectivity index (χ4v) is 3.94. The number of rotatable bonds is 9. The fourth-order valence-electron chi connectivity index (χ4n) is 3.94. The van der Waals surface area contributed by atoms with Gasteiger partial charge in [-0.25, -0.2) is 0 Å². The highest BCUT2D eigenvalue weighted by Gasteiger charge is 2.71. The van der Waals surface area contributed by atoms with Gasteiger partial charge in [0.2, 0.25) is 11.6 Å². The normalized spacial score (nSPS) is 25.6. The van der Waals surface area contributed by atoms with Gasteiger partial charge < -0.3 is 33.2 Å². The van der Waals surface area contributed by atoms with E-state index in [0.29, 0.717) is 6.29 Å². The zero-order valence-corrected chi connectivity index (χ0v) is 17.2. The number of nitrogens with zero attached hydrogens (tertiary/aromatic N) is 1. The first-order valence-electron chi connectivity index (χ1n) is 8.82. The molecular formula is C20H29NO7. The molecule has 1 aromatic rings. The molecule has 2 unspecified atom stereocenters. The van der Waals surface area contributed by atoms with E-state index in [1.54, 1.807) is 6.21 Å². The molecule has 2 rings (SSSR count). The fraction of sp³-hybridized carbons (Fsp3) is 0.600. The Morgan fingerprint density at radius 3 is 1.82 bits per heavy atom. The first-order valence-corrected chi connectivity index (χ1v) is 8.82. The SMILES string of the molecule is COC1(OC)CC(OC)(OC)C(N=Cc2ccccc2)C(OC)(OC)C1C=O. The predicted octanol–water partition coefficient (Wildman–Crippen LogP) is 1.66. The van der Waals surface area contributed by atoms with Gasteiger partial charge in [-0.05, 0) is 5.56 Å². The van der Waals surface area contributed by atoms with Gasteiger partial charge in [-0.2, -0.15) is 0 Å². The number of hydrogen-bond acceptors (Lipinski definition) is 8. The summed E-state index contributed by atoms with van der Waals surface area (Å²) in [5, 5.41) is 0. The van der Waals surface area contributed by atoms with Gasteiger partial charge in [-0.1, -0.05) is 30.3 Å². The number of carbonyl (C=O) groups excluding carboxylic acids is 1. The van der Waals surface area contributed by atoms with Gasteiger partial charge in [-0.15, -0.1) is 0 Å². The van der Waals surface area contributed by atoms with Gasteiger partial charge in [0, 0.05) is 48.9 Å². The molecule has 0 bridgehead atoms. The van der Waals surface area contributed by atoms with E-state index in [-0.39, 0.29) is 6.42 Å². The lowest BCUT2D eigenvalue weighted by Gasteiger charge is -2.57. The maximum Gasteiger partial charge on any atom is 0.210 e. The molecule has 0 spiro atoms. The average molecular weight is 395 g/mol. The number of ether oxygens (including phenoxy) is 6. The van der Waals surface area contributed by atoms with Crippen LogP contribution in [0.5, 0.6) is 0 Å². The monoisotopic (exact) mass is 395 g/mol. The molecule has 0 heterocycles. The number of aldehydes is 1. The molecule has 0 radical (unpaired) electrons. The average Bonchev–Trinajstić information content (AvgIpc) is 2.77. The van der Waals surface area contributed by atoms with Crippen LogP contribution < -0.4 is 0 Å². The van der Waals surface area contributed by atoms with Gasteiger partial charge in [0.25, 0.3) is 0 Å². The summed E-state index contributed by atoms with van der Waals surface area (Å²) >= 11 is 0. The van der Waals surface area contributed by atoms with Crippen molar-refractivity contribution in [2.75, 3.05) is 42.7 Å². The van der Waals surface area contributed by atoms with E-state index < -0.39 is 29.3 Å². The number of methoxy groups -OCH3 is 6. The van der Waals surface area contributed by atoms with E-state index >= 15 is 0 Å². The predicted molar refractivity (Wildman–Crippen MR) is 102 cm³/mol. The molecule has 8 heteroatoms. The van der Waals surface area contributed by atoms with E-state index in [0.717, 1.165) is 5.56 Å². The summed E-state index contributed by atoms with van der Waals surface area (Å²) in [6.07, 6.45) is 2.42. The number of carbonyl (C=O) groups is 1. The van der Waals surface area contributed by atoms with Crippen LogP contribution in [0, 0.1) is 5.92 Å². The minimum atomic E-state index is -1.57. The molecule has 0 aliphatic heterocycles. The van der Waals surface area contributed by atoms with Crippen LogP contribution in [0.4, 0.5) is 0 Å². The minimum absolute atomic E-state index is 0.0642. The van der Waals surface area contributed by atoms with Crippen LogP contribution in [0.15, 0.2) is 35.3 Å². The molecular weight excluding hydrogens is 366 g/mol. The Hall–Kier alpha value is -1.68. The zero-order valence-electron chi connectivity index (χ0n) is 17.2. The third-order valence-corrected chi connectivity index (χ3v) is 5.53. The Morgan fingerprint density at radius 1 is 0.857 bits per heavy atom. The van der Waals surface area contributed by atoms with Crippen molar-refractivity contribution in [1.29, 1.82) is 0 Å². The van der Waals surface area contributed by atoms with Gasteiger partial charge >= 0.3 is 0 Å². The van der Waals surface area contributed by atoms with Crippen molar-refractivity contribution in [3.63, 3.8) is 0 Å². The molecule has 0 N–H and O–H groups in total. The molecule has 156 valence electrons. The number of hydrogen-bond donors (Lipinski definition) is 0. The van der Waals surface area contributed by atoms with Crippen LogP contribution in [0.3, 0.4) is 0 Å². The highest BCUT2D eigenvalue weighted by molar-refractivity contribution is 5.79. The third-order valence-electron chi connectivity index (χ3n) is 5.53. The quantitative estimate of drug-likeness (QED) is 0.357. The Labute approximate surface area is 165 Å². The molecule has 1 aliphatic carbocycles. The lowest BCUT2D eigenvalue weighted by molar-refractivity contribution is -0.410. The van der Waals surface area contributed by atoms with E-state index in [1.807, 2.05) is 30.3 Å². The Kier molecular flexibility index (Phi) is 7.44. The van der Waals surface area contributed by atoms with E-state index in [2.05, 4.69) is 4.99 Å². The van der Waals surface area contributed by atoms with Crippen molar-refractivity contribution >= 4 is 12.5 Å². The van der Waals surface area contributed by atoms with Crippen LogP contribution in [0.25, 0.3) is 0 Å². The van der Waals surface area contributed by atoms with Gasteiger partial charge in [0.15, 0.2) is 11.8 Å². The molecule has 28 heavy (non-hydrogen) atoms. The minimum Gasteiger partial charge on any atom is -0.352 e. The lowest BCUT2D eigenvalue weighted by atomic mass is 9.71. The van der Waals surface area contributed by atoms with Crippen molar-refractivity contribution in [2.45, 2.75) is 29.8 Å². The summed E-state index contributed by atoms with van der Waals surface area (Å²) in [5.41, 5.74) is 0.864. The topological polar surface area (TPSA) is 84.8 Å². The van der Waals surface area contributed by atoms with Crippen molar-refractivity contribution in [3.05, 3.63) is 35.9 Å². The molecule has 2 atom stereocenters. The van der Waals surface area contributed by atoms with Gasteiger partial charge in [0.1, 0.15) is 12.2 Å². The number of aliphatic imine (C=N–C) groups is 1. The first kappa shape index (κ1) is 22.6. The summed E-state index contributed by atoms with van der Waals surface area (Å²) in [6, 6.07) is 8.66. The largest absolute Gasteiger partial charge is 0.352 e. The molecule has 0 amide bonds. The van der Waals surface area contributed by atoms with E-state index in [9.17, 15) is 4.79 Å².